The molecule has 1 heterocycles. The van der Waals surface area contributed by atoms with Gasteiger partial charge in [0.25, 0.3) is 5.91 Å². The number of anilines is 1. The number of carbonyl (C=O) groups excluding carboxylic acids is 1. The van der Waals surface area contributed by atoms with E-state index in [9.17, 15) is 9.18 Å². The fraction of sp³-hybridized carbons (Fsp3) is 0.167. The molecule has 0 atom stereocenters. The Hall–Kier alpha value is -3.22. The van der Waals surface area contributed by atoms with Gasteiger partial charge in [-0.1, -0.05) is 11.2 Å². The van der Waals surface area contributed by atoms with Gasteiger partial charge in [-0.2, -0.15) is 0 Å². The summed E-state index contributed by atoms with van der Waals surface area (Å²) in [5.41, 5.74) is 0.852. The number of hydrogen-bond donors (Lipinski definition) is 1. The van der Waals surface area contributed by atoms with E-state index in [4.69, 9.17) is 9.15 Å². The van der Waals surface area contributed by atoms with Crippen molar-refractivity contribution in [3.8, 4) is 17.2 Å². The summed E-state index contributed by atoms with van der Waals surface area (Å²) < 4.78 is 24.1. The van der Waals surface area contributed by atoms with Crippen LogP contribution in [0.5, 0.6) is 5.75 Å². The van der Waals surface area contributed by atoms with Crippen LogP contribution in [-0.4, -0.2) is 22.2 Å². The van der Waals surface area contributed by atoms with E-state index in [2.05, 4.69) is 15.5 Å². The van der Waals surface area contributed by atoms with E-state index in [1.165, 1.54) is 18.2 Å². The lowest BCUT2D eigenvalue weighted by Gasteiger charge is -2.09. The van der Waals surface area contributed by atoms with Crippen LogP contribution < -0.4 is 10.1 Å². The summed E-state index contributed by atoms with van der Waals surface area (Å²) >= 11 is 0. The lowest BCUT2D eigenvalue weighted by Crippen LogP contribution is -2.12. The molecule has 0 aliphatic heterocycles. The van der Waals surface area contributed by atoms with Crippen molar-refractivity contribution in [2.45, 2.75) is 20.0 Å². The van der Waals surface area contributed by atoms with Crippen LogP contribution >= 0.6 is 0 Å². The molecule has 6 nitrogen and oxygen atoms in total. The van der Waals surface area contributed by atoms with Gasteiger partial charge in [0.1, 0.15) is 11.6 Å². The van der Waals surface area contributed by atoms with Crippen LogP contribution in [0.1, 0.15) is 24.2 Å². The van der Waals surface area contributed by atoms with Crippen LogP contribution in [-0.2, 0) is 0 Å². The van der Waals surface area contributed by atoms with Crippen molar-refractivity contribution in [3.05, 3.63) is 59.9 Å². The molecule has 0 fully saturated rings. The molecule has 25 heavy (non-hydrogen) atoms. The molecule has 2 aromatic carbocycles. The Morgan fingerprint density at radius 3 is 2.60 bits per heavy atom. The van der Waals surface area contributed by atoms with Gasteiger partial charge >= 0.3 is 6.01 Å². The van der Waals surface area contributed by atoms with Crippen molar-refractivity contribution in [1.82, 2.24) is 10.2 Å². The molecule has 7 heteroatoms. The van der Waals surface area contributed by atoms with Gasteiger partial charge in [-0.3, -0.25) is 10.1 Å². The average molecular weight is 341 g/mol. The smallest absolute Gasteiger partial charge is 0.322 e. The van der Waals surface area contributed by atoms with E-state index in [0.29, 0.717) is 16.9 Å². The quantitative estimate of drug-likeness (QED) is 0.761. The third-order valence-electron chi connectivity index (χ3n) is 3.21. The van der Waals surface area contributed by atoms with Crippen LogP contribution in [0, 0.1) is 5.82 Å². The van der Waals surface area contributed by atoms with Crippen molar-refractivity contribution < 1.29 is 18.3 Å². The molecule has 0 aliphatic carbocycles. The van der Waals surface area contributed by atoms with E-state index >= 15 is 0 Å². The van der Waals surface area contributed by atoms with E-state index in [0.717, 1.165) is 0 Å². The zero-order chi connectivity index (χ0) is 17.8. The summed E-state index contributed by atoms with van der Waals surface area (Å²) in [5, 5.41) is 10.1. The fourth-order valence-corrected chi connectivity index (χ4v) is 2.14. The van der Waals surface area contributed by atoms with E-state index in [1.807, 2.05) is 13.8 Å². The van der Waals surface area contributed by atoms with Crippen molar-refractivity contribution in [1.29, 1.82) is 0 Å². The fourth-order valence-electron chi connectivity index (χ4n) is 2.14. The lowest BCUT2D eigenvalue weighted by atomic mass is 10.2. The molecule has 3 rings (SSSR count). The van der Waals surface area contributed by atoms with Gasteiger partial charge in [-0.05, 0) is 56.3 Å². The summed E-state index contributed by atoms with van der Waals surface area (Å²) in [7, 11) is 0. The molecular weight excluding hydrogens is 325 g/mol. The van der Waals surface area contributed by atoms with E-state index < -0.39 is 11.7 Å². The Kier molecular flexibility index (Phi) is 4.74. The number of carbonyl (C=O) groups is 1. The van der Waals surface area contributed by atoms with Crippen LogP contribution in [0.3, 0.4) is 0 Å². The third-order valence-corrected chi connectivity index (χ3v) is 3.21. The highest BCUT2D eigenvalue weighted by atomic mass is 19.1. The maximum absolute atomic E-state index is 13.2. The zero-order valence-electron chi connectivity index (χ0n) is 13.7. The monoisotopic (exact) mass is 341 g/mol. The van der Waals surface area contributed by atoms with Gasteiger partial charge < -0.3 is 9.15 Å². The molecule has 0 aliphatic rings. The summed E-state index contributed by atoms with van der Waals surface area (Å²) in [6, 6.07) is 12.4. The van der Waals surface area contributed by atoms with Crippen molar-refractivity contribution in [2.75, 3.05) is 5.32 Å². The zero-order valence-corrected chi connectivity index (χ0v) is 13.7. The van der Waals surface area contributed by atoms with E-state index in [1.54, 1.807) is 30.3 Å². The van der Waals surface area contributed by atoms with Crippen LogP contribution in [0.25, 0.3) is 11.5 Å². The van der Waals surface area contributed by atoms with Gasteiger partial charge in [0, 0.05) is 11.1 Å². The number of nitrogens with one attached hydrogen (secondary N) is 1. The maximum Gasteiger partial charge on any atom is 0.322 e. The molecule has 128 valence electrons. The minimum absolute atomic E-state index is 0.0549. The Balaban J connectivity index is 1.69. The third kappa shape index (κ3) is 4.20. The Bertz CT molecular complexity index is 875. The van der Waals surface area contributed by atoms with Crippen molar-refractivity contribution >= 4 is 11.9 Å². The lowest BCUT2D eigenvalue weighted by molar-refractivity contribution is 0.102. The Morgan fingerprint density at radius 2 is 1.92 bits per heavy atom. The second kappa shape index (κ2) is 7.12. The molecule has 0 spiro atoms. The molecule has 0 saturated carbocycles. The highest BCUT2D eigenvalue weighted by Gasteiger charge is 2.13. The molecule has 1 aromatic heterocycles. The normalized spacial score (nSPS) is 10.7. The molecule has 0 saturated heterocycles. The minimum atomic E-state index is -0.412. The molecule has 3 aromatic rings. The first-order valence-corrected chi connectivity index (χ1v) is 7.69. The number of benzene rings is 2. The maximum atomic E-state index is 13.2. The highest BCUT2D eigenvalue weighted by molar-refractivity contribution is 6.03. The van der Waals surface area contributed by atoms with Crippen LogP contribution in [0.2, 0.25) is 0 Å². The van der Waals surface area contributed by atoms with Crippen LogP contribution in [0.4, 0.5) is 10.4 Å². The molecule has 0 radical (unpaired) electrons. The van der Waals surface area contributed by atoms with Gasteiger partial charge in [-0.25, -0.2) is 4.39 Å². The first-order valence-electron chi connectivity index (χ1n) is 7.69. The van der Waals surface area contributed by atoms with Crippen molar-refractivity contribution in [2.24, 2.45) is 0 Å². The predicted molar refractivity (Wildman–Crippen MR) is 89.9 cm³/mol. The largest absolute Gasteiger partial charge is 0.491 e. The van der Waals surface area contributed by atoms with Gasteiger partial charge in [-0.15, -0.1) is 5.10 Å². The SMILES string of the molecule is CC(C)Oc1ccc(C(=O)Nc2nnc(-c3cccc(F)c3)o2)cc1. The molecule has 1 amide bonds. The minimum Gasteiger partial charge on any atom is -0.491 e. The topological polar surface area (TPSA) is 77.2 Å². The summed E-state index contributed by atoms with van der Waals surface area (Å²) in [4.78, 5) is 12.2. The standard InChI is InChI=1S/C18H16FN3O3/c1-11(2)24-15-8-6-12(7-9-15)16(23)20-18-22-21-17(25-18)13-4-3-5-14(19)10-13/h3-11H,1-2H3,(H,20,22,23). The number of ether oxygens (including phenoxy) is 1. The summed E-state index contributed by atoms with van der Waals surface area (Å²) in [6.07, 6.45) is 0.0549. The first kappa shape index (κ1) is 16.6. The molecule has 0 bridgehead atoms. The Morgan fingerprint density at radius 1 is 1.16 bits per heavy atom. The number of hydrogen-bond acceptors (Lipinski definition) is 5. The second-order valence-electron chi connectivity index (χ2n) is 5.57. The first-order chi connectivity index (χ1) is 12.0. The van der Waals surface area contributed by atoms with Gasteiger partial charge in [0.15, 0.2) is 0 Å². The number of aromatic nitrogens is 2. The van der Waals surface area contributed by atoms with Crippen LogP contribution in [0.15, 0.2) is 52.9 Å². The molecule has 0 unspecified atom stereocenters. The molecule has 1 N–H and O–H groups in total. The summed E-state index contributed by atoms with van der Waals surface area (Å²) in [6.45, 7) is 3.85. The second-order valence-corrected chi connectivity index (χ2v) is 5.57. The number of amides is 1. The van der Waals surface area contributed by atoms with Gasteiger partial charge in [0.2, 0.25) is 5.89 Å². The number of nitrogens with zero attached hydrogens (tertiary/aromatic N) is 2. The van der Waals surface area contributed by atoms with E-state index in [-0.39, 0.29) is 18.0 Å². The molecular formula is C18H16FN3O3. The summed E-state index contributed by atoms with van der Waals surface area (Å²) in [5.74, 6) is -0.0104. The van der Waals surface area contributed by atoms with Gasteiger partial charge in [0.05, 0.1) is 6.10 Å². The Labute approximate surface area is 143 Å². The van der Waals surface area contributed by atoms with Crippen molar-refractivity contribution in [3.63, 3.8) is 0 Å². The number of rotatable bonds is 5. The number of halogens is 1. The highest BCUT2D eigenvalue weighted by Crippen LogP contribution is 2.21. The average Bonchev–Trinajstić information content (AvgIpc) is 3.03. The predicted octanol–water partition coefficient (Wildman–Crippen LogP) is 3.92.